The number of Topliss-reactive ketones (excluding diaryl/α,β-unsaturated/α-hetero) is 1. The van der Waals surface area contributed by atoms with E-state index in [2.05, 4.69) is 5.32 Å². The van der Waals surface area contributed by atoms with Crippen LogP contribution in [0, 0.1) is 0 Å². The summed E-state index contributed by atoms with van der Waals surface area (Å²) < 4.78 is 28.4. The summed E-state index contributed by atoms with van der Waals surface area (Å²) in [6, 6.07) is 0. The van der Waals surface area contributed by atoms with Crippen LogP contribution >= 0.6 is 0 Å². The normalized spacial score (nSPS) is 12.2. The van der Waals surface area contributed by atoms with Gasteiger partial charge < -0.3 is 19.5 Å². The van der Waals surface area contributed by atoms with E-state index in [-0.39, 0.29) is 38.1 Å². The molecule has 0 aromatic rings. The quantitative estimate of drug-likeness (QED) is 0.500. The van der Waals surface area contributed by atoms with Gasteiger partial charge in [0.25, 0.3) is 0 Å². The Morgan fingerprint density at radius 2 is 1.70 bits per heavy atom. The molecule has 1 N–H and O–H groups in total. The highest BCUT2D eigenvalue weighted by Gasteiger charge is 2.06. The van der Waals surface area contributed by atoms with Gasteiger partial charge in [0.2, 0.25) is 5.91 Å². The number of carbonyl (C=O) groups excluding carboxylic acids is 2. The molecule has 0 aromatic heterocycles. The zero-order valence-electron chi connectivity index (χ0n) is 12.2. The number of alkyl halides is 1. The lowest BCUT2D eigenvalue weighted by atomic mass is 10.3. The molecule has 1 amide bonds. The Balaban J connectivity index is 3.20. The summed E-state index contributed by atoms with van der Waals surface area (Å²) in [5, 5.41) is 2.37. The molecule has 0 radical (unpaired) electrons. The van der Waals surface area contributed by atoms with E-state index in [1.807, 2.05) is 0 Å². The molecule has 0 saturated carbocycles. The SMILES string of the molecule is CCC(=O)COCCOCCOCC(F)CNC(C)=O. The fourth-order valence-electron chi connectivity index (χ4n) is 1.15. The van der Waals surface area contributed by atoms with E-state index >= 15 is 0 Å². The van der Waals surface area contributed by atoms with Crippen LogP contribution in [0.2, 0.25) is 0 Å². The molecule has 1 atom stereocenters. The lowest BCUT2D eigenvalue weighted by molar-refractivity contribution is -0.124. The van der Waals surface area contributed by atoms with E-state index in [0.717, 1.165) is 0 Å². The molecule has 118 valence electrons. The van der Waals surface area contributed by atoms with Crippen LogP contribution in [0.25, 0.3) is 0 Å². The van der Waals surface area contributed by atoms with Gasteiger partial charge in [-0.1, -0.05) is 6.92 Å². The maximum Gasteiger partial charge on any atom is 0.216 e. The average Bonchev–Trinajstić information content (AvgIpc) is 2.42. The van der Waals surface area contributed by atoms with Gasteiger partial charge in [0, 0.05) is 13.3 Å². The average molecular weight is 293 g/mol. The van der Waals surface area contributed by atoms with Crippen LogP contribution in [0.4, 0.5) is 4.39 Å². The van der Waals surface area contributed by atoms with Gasteiger partial charge in [-0.3, -0.25) is 9.59 Å². The summed E-state index contributed by atoms with van der Waals surface area (Å²) >= 11 is 0. The first-order valence-electron chi connectivity index (χ1n) is 6.69. The van der Waals surface area contributed by atoms with Crippen LogP contribution in [0.5, 0.6) is 0 Å². The van der Waals surface area contributed by atoms with Gasteiger partial charge in [-0.05, 0) is 0 Å². The molecule has 0 spiro atoms. The predicted molar refractivity (Wildman–Crippen MR) is 71.3 cm³/mol. The maximum absolute atomic E-state index is 13.1. The van der Waals surface area contributed by atoms with Crippen molar-refractivity contribution in [1.82, 2.24) is 5.32 Å². The highest BCUT2D eigenvalue weighted by Crippen LogP contribution is 1.91. The molecule has 0 rings (SSSR count). The number of ketones is 1. The van der Waals surface area contributed by atoms with Crippen molar-refractivity contribution in [3.8, 4) is 0 Å². The molecule has 20 heavy (non-hydrogen) atoms. The molecular formula is C13H24FNO5. The zero-order valence-corrected chi connectivity index (χ0v) is 12.2. The fraction of sp³-hybridized carbons (Fsp3) is 0.846. The standard InChI is InChI=1S/C13H24FNO5/c1-3-13(17)10-20-7-5-18-4-6-19-9-12(14)8-15-11(2)16/h12H,3-10H2,1-2H3,(H,15,16). The Morgan fingerprint density at radius 1 is 1.10 bits per heavy atom. The Morgan fingerprint density at radius 3 is 2.30 bits per heavy atom. The number of rotatable bonds is 13. The lowest BCUT2D eigenvalue weighted by Crippen LogP contribution is -2.30. The van der Waals surface area contributed by atoms with E-state index in [1.165, 1.54) is 6.92 Å². The summed E-state index contributed by atoms with van der Waals surface area (Å²) in [6.45, 7) is 4.42. The smallest absolute Gasteiger partial charge is 0.216 e. The number of carbonyl (C=O) groups is 2. The minimum Gasteiger partial charge on any atom is -0.377 e. The molecule has 7 heteroatoms. The number of hydrogen-bond donors (Lipinski definition) is 1. The number of nitrogens with one attached hydrogen (secondary N) is 1. The zero-order chi connectivity index (χ0) is 15.2. The summed E-state index contributed by atoms with van der Waals surface area (Å²) in [7, 11) is 0. The van der Waals surface area contributed by atoms with Gasteiger partial charge in [0.15, 0.2) is 5.78 Å². The van der Waals surface area contributed by atoms with Gasteiger partial charge in [-0.25, -0.2) is 4.39 Å². The van der Waals surface area contributed by atoms with Crippen molar-refractivity contribution in [3.05, 3.63) is 0 Å². The van der Waals surface area contributed by atoms with Crippen LogP contribution in [0.3, 0.4) is 0 Å². The highest BCUT2D eigenvalue weighted by atomic mass is 19.1. The Bertz CT molecular complexity index is 275. The third-order valence-electron chi connectivity index (χ3n) is 2.27. The van der Waals surface area contributed by atoms with E-state index in [9.17, 15) is 14.0 Å². The molecule has 0 aliphatic heterocycles. The third kappa shape index (κ3) is 13.4. The number of ether oxygens (including phenoxy) is 3. The van der Waals surface area contributed by atoms with Crippen molar-refractivity contribution in [2.75, 3.05) is 46.2 Å². The number of halogens is 1. The van der Waals surface area contributed by atoms with E-state index in [1.54, 1.807) is 6.92 Å². The van der Waals surface area contributed by atoms with Crippen molar-refractivity contribution in [2.24, 2.45) is 0 Å². The molecular weight excluding hydrogens is 269 g/mol. The maximum atomic E-state index is 13.1. The number of hydrogen-bond acceptors (Lipinski definition) is 5. The predicted octanol–water partition coefficient (Wildman–Crippen LogP) is 0.489. The summed E-state index contributed by atoms with van der Waals surface area (Å²) in [5.74, 6) is -0.209. The van der Waals surface area contributed by atoms with E-state index in [4.69, 9.17) is 14.2 Å². The highest BCUT2D eigenvalue weighted by molar-refractivity contribution is 5.79. The Labute approximate surface area is 118 Å². The van der Waals surface area contributed by atoms with Crippen molar-refractivity contribution in [1.29, 1.82) is 0 Å². The molecule has 0 aliphatic carbocycles. The lowest BCUT2D eigenvalue weighted by Gasteiger charge is -2.10. The van der Waals surface area contributed by atoms with Crippen LogP contribution in [0.15, 0.2) is 0 Å². The molecule has 0 bridgehead atoms. The van der Waals surface area contributed by atoms with Gasteiger partial charge in [0.1, 0.15) is 12.8 Å². The summed E-state index contributed by atoms with van der Waals surface area (Å²) in [5.41, 5.74) is 0. The molecule has 1 unspecified atom stereocenters. The number of amides is 1. The van der Waals surface area contributed by atoms with Crippen LogP contribution in [-0.2, 0) is 23.8 Å². The minimum atomic E-state index is -1.22. The van der Waals surface area contributed by atoms with Gasteiger partial charge >= 0.3 is 0 Å². The van der Waals surface area contributed by atoms with Gasteiger partial charge in [-0.2, -0.15) is 0 Å². The molecule has 0 aromatic carbocycles. The molecule has 0 heterocycles. The van der Waals surface area contributed by atoms with Gasteiger partial charge in [-0.15, -0.1) is 0 Å². The van der Waals surface area contributed by atoms with E-state index < -0.39 is 6.17 Å². The summed E-state index contributed by atoms with van der Waals surface area (Å²) in [6.07, 6.45) is -0.750. The summed E-state index contributed by atoms with van der Waals surface area (Å²) in [4.78, 5) is 21.4. The first kappa shape index (κ1) is 18.9. The van der Waals surface area contributed by atoms with Crippen LogP contribution in [0.1, 0.15) is 20.3 Å². The van der Waals surface area contributed by atoms with Crippen LogP contribution in [-0.4, -0.2) is 64.0 Å². The van der Waals surface area contributed by atoms with Crippen molar-refractivity contribution >= 4 is 11.7 Å². The molecule has 0 aliphatic rings. The molecule has 0 saturated heterocycles. The first-order valence-corrected chi connectivity index (χ1v) is 6.69. The Hall–Kier alpha value is -1.05. The minimum absolute atomic E-state index is 0.0461. The second kappa shape index (κ2) is 13.0. The Kier molecular flexibility index (Phi) is 12.3. The first-order chi connectivity index (χ1) is 9.56. The van der Waals surface area contributed by atoms with Gasteiger partial charge in [0.05, 0.1) is 39.6 Å². The monoisotopic (exact) mass is 293 g/mol. The van der Waals surface area contributed by atoms with Crippen molar-refractivity contribution in [3.63, 3.8) is 0 Å². The van der Waals surface area contributed by atoms with Crippen molar-refractivity contribution < 1.29 is 28.2 Å². The van der Waals surface area contributed by atoms with Crippen LogP contribution < -0.4 is 5.32 Å². The van der Waals surface area contributed by atoms with Crippen molar-refractivity contribution in [2.45, 2.75) is 26.4 Å². The molecule has 0 fully saturated rings. The second-order valence-electron chi connectivity index (χ2n) is 4.17. The largest absolute Gasteiger partial charge is 0.377 e. The fourth-order valence-corrected chi connectivity index (χ4v) is 1.15. The third-order valence-corrected chi connectivity index (χ3v) is 2.27. The molecule has 6 nitrogen and oxygen atoms in total. The van der Waals surface area contributed by atoms with E-state index in [0.29, 0.717) is 26.2 Å². The second-order valence-corrected chi connectivity index (χ2v) is 4.17. The topological polar surface area (TPSA) is 73.9 Å².